The quantitative estimate of drug-likeness (QED) is 0.895. The van der Waals surface area contributed by atoms with Gasteiger partial charge in [-0.25, -0.2) is 4.79 Å². The average Bonchev–Trinajstić information content (AvgIpc) is 2.43. The summed E-state index contributed by atoms with van der Waals surface area (Å²) in [6, 6.07) is 7.64. The second-order valence-corrected chi connectivity index (χ2v) is 4.62. The number of hydrogen-bond donors (Lipinski definition) is 1. The molecule has 0 aliphatic heterocycles. The Kier molecular flexibility index (Phi) is 4.00. The number of fused-ring (bicyclic) bond motifs is 1. The van der Waals surface area contributed by atoms with Crippen molar-refractivity contribution in [2.45, 2.75) is 19.8 Å². The molecule has 0 saturated carbocycles. The van der Waals surface area contributed by atoms with Crippen molar-refractivity contribution in [2.75, 3.05) is 18.5 Å². The lowest BCUT2D eigenvalue weighted by atomic mass is 10.1. The molecule has 0 saturated heterocycles. The highest BCUT2D eigenvalue weighted by atomic mass is 16.4. The van der Waals surface area contributed by atoms with Crippen LogP contribution in [-0.2, 0) is 0 Å². The maximum Gasteiger partial charge on any atom is 0.339 e. The summed E-state index contributed by atoms with van der Waals surface area (Å²) in [4.78, 5) is 17.6. The number of carboxylic acids is 1. The van der Waals surface area contributed by atoms with Crippen LogP contribution < -0.4 is 4.90 Å². The number of pyridine rings is 1. The molecule has 4 nitrogen and oxygen atoms in total. The lowest BCUT2D eigenvalue weighted by Crippen LogP contribution is -2.21. The molecule has 19 heavy (non-hydrogen) atoms. The van der Waals surface area contributed by atoms with E-state index in [1.165, 1.54) is 6.20 Å². The summed E-state index contributed by atoms with van der Waals surface area (Å²) in [6.45, 7) is 2.96. The number of hydrogen-bond acceptors (Lipinski definition) is 3. The van der Waals surface area contributed by atoms with Crippen LogP contribution in [0.3, 0.4) is 0 Å². The molecule has 0 unspecified atom stereocenters. The first-order chi connectivity index (χ1) is 9.15. The number of benzene rings is 1. The van der Waals surface area contributed by atoms with Crippen LogP contribution >= 0.6 is 0 Å². The van der Waals surface area contributed by atoms with E-state index in [9.17, 15) is 9.90 Å². The second kappa shape index (κ2) is 5.69. The SMILES string of the molecule is CCCCN(C)c1c(C(=O)O)cnc2ccccc12. The number of carbonyl (C=O) groups is 1. The minimum atomic E-state index is -0.934. The van der Waals surface area contributed by atoms with Gasteiger partial charge in [-0.2, -0.15) is 0 Å². The molecule has 0 radical (unpaired) electrons. The zero-order valence-corrected chi connectivity index (χ0v) is 11.3. The molecule has 0 aliphatic carbocycles. The summed E-state index contributed by atoms with van der Waals surface area (Å²) in [5.74, 6) is -0.934. The monoisotopic (exact) mass is 258 g/mol. The first-order valence-electron chi connectivity index (χ1n) is 6.47. The highest BCUT2D eigenvalue weighted by Crippen LogP contribution is 2.29. The van der Waals surface area contributed by atoms with Crippen LogP contribution in [-0.4, -0.2) is 29.7 Å². The van der Waals surface area contributed by atoms with E-state index in [0.717, 1.165) is 36.0 Å². The van der Waals surface area contributed by atoms with Crippen LogP contribution in [0.25, 0.3) is 10.9 Å². The largest absolute Gasteiger partial charge is 0.478 e. The minimum Gasteiger partial charge on any atom is -0.478 e. The number of anilines is 1. The molecule has 1 heterocycles. The lowest BCUT2D eigenvalue weighted by Gasteiger charge is -2.22. The predicted molar refractivity (Wildman–Crippen MR) is 76.9 cm³/mol. The van der Waals surface area contributed by atoms with Crippen LogP contribution in [0, 0.1) is 0 Å². The van der Waals surface area contributed by atoms with Crippen LogP contribution in [0.15, 0.2) is 30.5 Å². The van der Waals surface area contributed by atoms with Gasteiger partial charge in [0.05, 0.1) is 11.2 Å². The van der Waals surface area contributed by atoms with E-state index in [-0.39, 0.29) is 5.56 Å². The molecule has 2 aromatic rings. The molecule has 0 atom stereocenters. The van der Waals surface area contributed by atoms with Crippen molar-refractivity contribution in [1.29, 1.82) is 0 Å². The first kappa shape index (κ1) is 13.3. The zero-order chi connectivity index (χ0) is 13.8. The van der Waals surface area contributed by atoms with Crippen molar-refractivity contribution in [3.63, 3.8) is 0 Å². The zero-order valence-electron chi connectivity index (χ0n) is 11.3. The number of aromatic carboxylic acids is 1. The number of carboxylic acid groups (broad SMARTS) is 1. The van der Waals surface area contributed by atoms with Crippen LogP contribution in [0.2, 0.25) is 0 Å². The number of aromatic nitrogens is 1. The number of para-hydroxylation sites is 1. The van der Waals surface area contributed by atoms with Crippen molar-refractivity contribution >= 4 is 22.6 Å². The van der Waals surface area contributed by atoms with Gasteiger partial charge >= 0.3 is 5.97 Å². The summed E-state index contributed by atoms with van der Waals surface area (Å²) in [5.41, 5.74) is 1.84. The summed E-state index contributed by atoms with van der Waals surface area (Å²) >= 11 is 0. The van der Waals surface area contributed by atoms with E-state index in [1.807, 2.05) is 36.2 Å². The Morgan fingerprint density at radius 3 is 2.79 bits per heavy atom. The summed E-state index contributed by atoms with van der Waals surface area (Å²) in [6.07, 6.45) is 3.56. The Morgan fingerprint density at radius 2 is 2.11 bits per heavy atom. The average molecular weight is 258 g/mol. The molecule has 2 rings (SSSR count). The van der Waals surface area contributed by atoms with E-state index < -0.39 is 5.97 Å². The fourth-order valence-electron chi connectivity index (χ4n) is 2.20. The third-order valence-electron chi connectivity index (χ3n) is 3.21. The molecule has 1 aromatic heterocycles. The molecule has 0 amide bonds. The maximum absolute atomic E-state index is 11.4. The van der Waals surface area contributed by atoms with E-state index in [2.05, 4.69) is 11.9 Å². The number of nitrogens with zero attached hydrogens (tertiary/aromatic N) is 2. The molecule has 4 heteroatoms. The Labute approximate surface area is 112 Å². The van der Waals surface area contributed by atoms with Crippen molar-refractivity contribution in [1.82, 2.24) is 4.98 Å². The maximum atomic E-state index is 11.4. The Bertz CT molecular complexity index is 596. The first-order valence-corrected chi connectivity index (χ1v) is 6.47. The van der Waals surface area contributed by atoms with E-state index in [4.69, 9.17) is 0 Å². The molecule has 100 valence electrons. The molecular weight excluding hydrogens is 240 g/mol. The Balaban J connectivity index is 2.58. The van der Waals surface area contributed by atoms with Gasteiger partial charge in [0.15, 0.2) is 0 Å². The van der Waals surface area contributed by atoms with Gasteiger partial charge in [0.25, 0.3) is 0 Å². The third kappa shape index (κ3) is 2.67. The van der Waals surface area contributed by atoms with Gasteiger partial charge < -0.3 is 10.0 Å². The van der Waals surface area contributed by atoms with Crippen LogP contribution in [0.5, 0.6) is 0 Å². The third-order valence-corrected chi connectivity index (χ3v) is 3.21. The fourth-order valence-corrected chi connectivity index (χ4v) is 2.20. The minimum absolute atomic E-state index is 0.261. The van der Waals surface area contributed by atoms with Crippen molar-refractivity contribution in [3.05, 3.63) is 36.0 Å². The van der Waals surface area contributed by atoms with Crippen molar-refractivity contribution < 1.29 is 9.90 Å². The van der Waals surface area contributed by atoms with Crippen molar-refractivity contribution in [3.8, 4) is 0 Å². The highest BCUT2D eigenvalue weighted by molar-refractivity contribution is 6.04. The van der Waals surface area contributed by atoms with Gasteiger partial charge in [0.2, 0.25) is 0 Å². The predicted octanol–water partition coefficient (Wildman–Crippen LogP) is 3.17. The molecule has 0 spiro atoms. The molecule has 0 aliphatic rings. The van der Waals surface area contributed by atoms with Gasteiger partial charge in [0, 0.05) is 25.2 Å². The topological polar surface area (TPSA) is 53.4 Å². The van der Waals surface area contributed by atoms with Crippen molar-refractivity contribution in [2.24, 2.45) is 0 Å². The second-order valence-electron chi connectivity index (χ2n) is 4.62. The van der Waals surface area contributed by atoms with E-state index >= 15 is 0 Å². The normalized spacial score (nSPS) is 10.6. The standard InChI is InChI=1S/C15H18N2O2/c1-3-4-9-17(2)14-11-7-5-6-8-13(11)16-10-12(14)15(18)19/h5-8,10H,3-4,9H2,1-2H3,(H,18,19). The molecule has 0 bridgehead atoms. The summed E-state index contributed by atoms with van der Waals surface area (Å²) in [5, 5.41) is 10.2. The summed E-state index contributed by atoms with van der Waals surface area (Å²) < 4.78 is 0. The number of unbranched alkanes of at least 4 members (excludes halogenated alkanes) is 1. The number of rotatable bonds is 5. The van der Waals surface area contributed by atoms with E-state index in [1.54, 1.807) is 0 Å². The van der Waals surface area contributed by atoms with E-state index in [0.29, 0.717) is 0 Å². The highest BCUT2D eigenvalue weighted by Gasteiger charge is 2.17. The fraction of sp³-hybridized carbons (Fsp3) is 0.333. The summed E-state index contributed by atoms with van der Waals surface area (Å²) in [7, 11) is 1.93. The lowest BCUT2D eigenvalue weighted by molar-refractivity contribution is 0.0697. The van der Waals surface area contributed by atoms with Gasteiger partial charge in [-0.3, -0.25) is 4.98 Å². The van der Waals surface area contributed by atoms with Gasteiger partial charge in [0.1, 0.15) is 5.56 Å². The van der Waals surface area contributed by atoms with Crippen LogP contribution in [0.4, 0.5) is 5.69 Å². The molecule has 0 fully saturated rings. The van der Waals surface area contributed by atoms with Gasteiger partial charge in [-0.05, 0) is 12.5 Å². The van der Waals surface area contributed by atoms with Gasteiger partial charge in [-0.1, -0.05) is 31.5 Å². The Morgan fingerprint density at radius 1 is 1.37 bits per heavy atom. The smallest absolute Gasteiger partial charge is 0.339 e. The molecular formula is C15H18N2O2. The molecule has 1 N–H and O–H groups in total. The van der Waals surface area contributed by atoms with Gasteiger partial charge in [-0.15, -0.1) is 0 Å². The Hall–Kier alpha value is -2.10. The van der Waals surface area contributed by atoms with Crippen LogP contribution in [0.1, 0.15) is 30.1 Å². The molecule has 1 aromatic carbocycles.